The van der Waals surface area contributed by atoms with E-state index in [1.807, 2.05) is 23.2 Å². The zero-order valence-electron chi connectivity index (χ0n) is 22.7. The van der Waals surface area contributed by atoms with Gasteiger partial charge in [-0.05, 0) is 54.2 Å². The molecule has 2 aliphatic rings. The molecule has 0 radical (unpaired) electrons. The predicted octanol–water partition coefficient (Wildman–Crippen LogP) is 3.89. The first-order valence-electron chi connectivity index (χ1n) is 13.4. The molecule has 2 atom stereocenters. The van der Waals surface area contributed by atoms with Gasteiger partial charge in [0.05, 0.1) is 28.4 Å². The lowest BCUT2D eigenvalue weighted by molar-refractivity contribution is -0.138. The standard InChI is InChI=1S/C29H28Cl2N6O5/c1-16-4-7-37(13-16)29(34-15-32)33-12-22(28(40)41)35-26(38)24-21(30)10-19-14-36(8-5-20(19)25(24)31)27(39)18-3-2-17-6-9-42-23(17)11-18/h2-3,6,9-11,16,22H,4-5,7-8,12-14H2,1H3,(H,33,34)(H,35,38)(H,40,41)/t16-,22-/m0/s1. The Hall–Kier alpha value is -4.27. The molecule has 2 amide bonds. The number of halogens is 2. The number of carboxylic acids is 1. The number of guanidine groups is 1. The number of hydrogen-bond acceptors (Lipinski definition) is 6. The molecule has 0 saturated carbocycles. The summed E-state index contributed by atoms with van der Waals surface area (Å²) in [6.45, 7) is 3.73. The van der Waals surface area contributed by atoms with Crippen LogP contribution >= 0.6 is 23.2 Å². The number of aliphatic carboxylic acids is 1. The molecular weight excluding hydrogens is 583 g/mol. The Labute approximate surface area is 251 Å². The molecule has 3 heterocycles. The molecule has 5 rings (SSSR count). The second-order valence-electron chi connectivity index (χ2n) is 10.4. The highest BCUT2D eigenvalue weighted by Crippen LogP contribution is 2.35. The van der Waals surface area contributed by atoms with Crippen molar-refractivity contribution in [2.75, 3.05) is 26.2 Å². The second-order valence-corrected chi connectivity index (χ2v) is 11.2. The number of nitriles is 1. The molecule has 218 valence electrons. The minimum absolute atomic E-state index is 0.0353. The van der Waals surface area contributed by atoms with Crippen molar-refractivity contribution in [3.63, 3.8) is 0 Å². The summed E-state index contributed by atoms with van der Waals surface area (Å²) < 4.78 is 5.42. The number of nitrogens with one attached hydrogen (secondary N) is 2. The largest absolute Gasteiger partial charge is 0.480 e. The third-order valence-corrected chi connectivity index (χ3v) is 8.26. The summed E-state index contributed by atoms with van der Waals surface area (Å²) >= 11 is 13.2. The van der Waals surface area contributed by atoms with E-state index in [1.54, 1.807) is 29.4 Å². The van der Waals surface area contributed by atoms with E-state index >= 15 is 0 Å². The van der Waals surface area contributed by atoms with Crippen LogP contribution in [0.1, 0.15) is 45.2 Å². The highest BCUT2D eigenvalue weighted by atomic mass is 35.5. The molecule has 1 saturated heterocycles. The molecular formula is C29H28Cl2N6O5. The van der Waals surface area contributed by atoms with Gasteiger partial charge in [-0.15, -0.1) is 0 Å². The highest BCUT2D eigenvalue weighted by molar-refractivity contribution is 6.40. The SMILES string of the molecule is C[C@H]1CCN(C(=NC[C@H](NC(=O)c2c(Cl)cc3c(c2Cl)CCN(C(=O)c2ccc4ccoc4c2)C3)C(=O)O)NC#N)C1. The van der Waals surface area contributed by atoms with Gasteiger partial charge in [-0.2, -0.15) is 5.26 Å². The molecule has 3 aromatic rings. The van der Waals surface area contributed by atoms with Crippen LogP contribution in [0.15, 0.2) is 46.0 Å². The van der Waals surface area contributed by atoms with E-state index < -0.39 is 17.9 Å². The fourth-order valence-electron chi connectivity index (χ4n) is 5.29. The molecule has 42 heavy (non-hydrogen) atoms. The summed E-state index contributed by atoms with van der Waals surface area (Å²) in [5.74, 6) is -1.56. The van der Waals surface area contributed by atoms with Gasteiger partial charge in [0.15, 0.2) is 6.19 Å². The smallest absolute Gasteiger partial charge is 0.328 e. The summed E-state index contributed by atoms with van der Waals surface area (Å²) in [7, 11) is 0. The van der Waals surface area contributed by atoms with Gasteiger partial charge in [-0.25, -0.2) is 9.79 Å². The lowest BCUT2D eigenvalue weighted by Gasteiger charge is -2.30. The van der Waals surface area contributed by atoms with Gasteiger partial charge in [0.2, 0.25) is 5.96 Å². The van der Waals surface area contributed by atoms with Crippen LogP contribution in [0.4, 0.5) is 0 Å². The Morgan fingerprint density at radius 2 is 2.02 bits per heavy atom. The van der Waals surface area contributed by atoms with E-state index in [2.05, 4.69) is 22.5 Å². The minimum Gasteiger partial charge on any atom is -0.480 e. The number of carboxylic acid groups (broad SMARTS) is 1. The van der Waals surface area contributed by atoms with Crippen LogP contribution in [0.3, 0.4) is 0 Å². The van der Waals surface area contributed by atoms with Crippen molar-refractivity contribution in [1.82, 2.24) is 20.4 Å². The molecule has 1 fully saturated rings. The number of carbonyl (C=O) groups is 3. The van der Waals surface area contributed by atoms with E-state index in [0.717, 1.165) is 11.8 Å². The van der Waals surface area contributed by atoms with E-state index in [-0.39, 0.29) is 40.6 Å². The lowest BCUT2D eigenvalue weighted by Crippen LogP contribution is -2.45. The number of amides is 2. The maximum absolute atomic E-state index is 13.3. The number of carbonyl (C=O) groups excluding carboxylic acids is 2. The van der Waals surface area contributed by atoms with Gasteiger partial charge in [0, 0.05) is 37.1 Å². The van der Waals surface area contributed by atoms with Crippen molar-refractivity contribution in [1.29, 1.82) is 5.26 Å². The van der Waals surface area contributed by atoms with E-state index in [1.165, 1.54) is 0 Å². The van der Waals surface area contributed by atoms with Crippen LogP contribution in [0.5, 0.6) is 0 Å². The van der Waals surface area contributed by atoms with Crippen molar-refractivity contribution >= 4 is 57.9 Å². The van der Waals surface area contributed by atoms with E-state index in [9.17, 15) is 19.5 Å². The second kappa shape index (κ2) is 12.3. The van der Waals surface area contributed by atoms with E-state index in [0.29, 0.717) is 54.2 Å². The summed E-state index contributed by atoms with van der Waals surface area (Å²) in [6, 6.07) is 7.29. The summed E-state index contributed by atoms with van der Waals surface area (Å²) in [4.78, 5) is 46.3. The number of rotatable bonds is 6. The van der Waals surface area contributed by atoms with Gasteiger partial charge in [-0.1, -0.05) is 36.2 Å². The number of furan rings is 1. The molecule has 1 aromatic heterocycles. The van der Waals surface area contributed by atoms with Crippen molar-refractivity contribution in [2.24, 2.45) is 10.9 Å². The third-order valence-electron chi connectivity index (χ3n) is 7.54. The summed E-state index contributed by atoms with van der Waals surface area (Å²) in [5.41, 5.74) is 2.44. The number of likely N-dealkylation sites (tertiary alicyclic amines) is 1. The van der Waals surface area contributed by atoms with Crippen LogP contribution in [-0.4, -0.2) is 70.9 Å². The van der Waals surface area contributed by atoms with Crippen LogP contribution in [-0.2, 0) is 17.8 Å². The molecule has 13 heteroatoms. The number of fused-ring (bicyclic) bond motifs is 2. The summed E-state index contributed by atoms with van der Waals surface area (Å²) in [5, 5.41) is 24.9. The molecule has 0 bridgehead atoms. The number of benzene rings is 2. The van der Waals surface area contributed by atoms with Gasteiger partial charge >= 0.3 is 5.97 Å². The molecule has 11 nitrogen and oxygen atoms in total. The Bertz CT molecular complexity index is 1630. The Kier molecular flexibility index (Phi) is 8.56. The fraction of sp³-hybridized carbons (Fsp3) is 0.345. The number of hydrogen-bond donors (Lipinski definition) is 3. The molecule has 2 aromatic carbocycles. The first-order valence-corrected chi connectivity index (χ1v) is 14.2. The first-order chi connectivity index (χ1) is 20.2. The quantitative estimate of drug-likeness (QED) is 0.164. The molecule has 0 aliphatic carbocycles. The Balaban J connectivity index is 1.31. The van der Waals surface area contributed by atoms with Crippen LogP contribution < -0.4 is 10.6 Å². The molecule has 0 spiro atoms. The van der Waals surface area contributed by atoms with Gasteiger partial charge in [-0.3, -0.25) is 14.9 Å². The van der Waals surface area contributed by atoms with Crippen LogP contribution in [0.25, 0.3) is 11.0 Å². The predicted molar refractivity (Wildman–Crippen MR) is 156 cm³/mol. The van der Waals surface area contributed by atoms with Gasteiger partial charge < -0.3 is 24.6 Å². The minimum atomic E-state index is -1.39. The first kappa shape index (κ1) is 29.2. The van der Waals surface area contributed by atoms with Gasteiger partial charge in [0.1, 0.15) is 11.6 Å². The average molecular weight is 611 g/mol. The highest BCUT2D eigenvalue weighted by Gasteiger charge is 2.30. The zero-order valence-corrected chi connectivity index (χ0v) is 24.2. The topological polar surface area (TPSA) is 151 Å². The van der Waals surface area contributed by atoms with Crippen LogP contribution in [0.2, 0.25) is 10.0 Å². The third kappa shape index (κ3) is 6.00. The monoisotopic (exact) mass is 610 g/mol. The van der Waals surface area contributed by atoms with E-state index in [4.69, 9.17) is 32.9 Å². The van der Waals surface area contributed by atoms with Crippen molar-refractivity contribution in [3.05, 3.63) is 68.9 Å². The maximum atomic E-state index is 13.3. The zero-order chi connectivity index (χ0) is 30.0. The molecule has 3 N–H and O–H groups in total. The van der Waals surface area contributed by atoms with Crippen LogP contribution in [0, 0.1) is 17.4 Å². The Morgan fingerprint density at radius 3 is 2.74 bits per heavy atom. The molecule has 2 aliphatic heterocycles. The lowest BCUT2D eigenvalue weighted by atomic mass is 9.96. The number of nitrogens with zero attached hydrogens (tertiary/aromatic N) is 4. The fourth-order valence-corrected chi connectivity index (χ4v) is 6.06. The Morgan fingerprint density at radius 1 is 1.21 bits per heavy atom. The summed E-state index contributed by atoms with van der Waals surface area (Å²) in [6.07, 6.45) is 4.70. The molecule has 0 unspecified atom stereocenters. The normalized spacial score (nSPS) is 17.5. The van der Waals surface area contributed by atoms with Crippen molar-refractivity contribution in [2.45, 2.75) is 32.4 Å². The van der Waals surface area contributed by atoms with Crippen molar-refractivity contribution < 1.29 is 23.9 Å². The average Bonchev–Trinajstić information content (AvgIpc) is 3.62. The number of aliphatic imine (C=N–C) groups is 1. The maximum Gasteiger partial charge on any atom is 0.328 e. The van der Waals surface area contributed by atoms with Gasteiger partial charge in [0.25, 0.3) is 11.8 Å². The van der Waals surface area contributed by atoms with Crippen molar-refractivity contribution in [3.8, 4) is 6.19 Å².